The normalized spacial score (nSPS) is 11.4. The van der Waals surface area contributed by atoms with Crippen LogP contribution in [0.1, 0.15) is 27.6 Å². The van der Waals surface area contributed by atoms with Gasteiger partial charge in [0.15, 0.2) is 0 Å². The average Bonchev–Trinajstić information content (AvgIpc) is 3.21. The number of rotatable bonds is 5. The van der Waals surface area contributed by atoms with Crippen molar-refractivity contribution in [2.75, 3.05) is 0 Å². The van der Waals surface area contributed by atoms with Crippen LogP contribution in [0.4, 0.5) is 0 Å². The molecule has 6 nitrogen and oxygen atoms in total. The second kappa shape index (κ2) is 7.14. The highest BCUT2D eigenvalue weighted by molar-refractivity contribution is 6.03. The van der Waals surface area contributed by atoms with E-state index in [1.54, 1.807) is 32.0 Å². The molecular weight excluding hydrogens is 334 g/mol. The monoisotopic (exact) mass is 351 g/mol. The molecule has 0 aliphatic heterocycles. The van der Waals surface area contributed by atoms with Crippen molar-refractivity contribution in [2.45, 2.75) is 13.8 Å². The van der Waals surface area contributed by atoms with E-state index in [2.05, 4.69) is 5.32 Å². The summed E-state index contributed by atoms with van der Waals surface area (Å²) in [5, 5.41) is 11.8. The van der Waals surface area contributed by atoms with Crippen LogP contribution in [0.2, 0.25) is 0 Å². The van der Waals surface area contributed by atoms with Gasteiger partial charge in [0, 0.05) is 11.6 Å². The number of hydrogen-bond donors (Lipinski definition) is 2. The van der Waals surface area contributed by atoms with Crippen LogP contribution in [0.15, 0.2) is 63.1 Å². The summed E-state index contributed by atoms with van der Waals surface area (Å²) in [5.41, 5.74) is 0.874. The standard InChI is InChI=1S/C20H17NO5/c1-12-10-16(13(2)25-12)19(22)21-17(20(23)24)11-15-8-9-18(26-15)14-6-4-3-5-7-14/h3-11H,1-2H3,(H,21,22)(H,23,24)/b17-11-. The Bertz CT molecular complexity index is 979. The summed E-state index contributed by atoms with van der Waals surface area (Å²) in [6, 6.07) is 14.4. The van der Waals surface area contributed by atoms with Gasteiger partial charge in [-0.1, -0.05) is 30.3 Å². The number of carboxylic acid groups (broad SMARTS) is 1. The van der Waals surface area contributed by atoms with E-state index in [1.165, 1.54) is 6.08 Å². The Morgan fingerprint density at radius 2 is 1.77 bits per heavy atom. The average molecular weight is 351 g/mol. The fourth-order valence-electron chi connectivity index (χ4n) is 2.53. The SMILES string of the molecule is Cc1cc(C(=O)N/C(=C\c2ccc(-c3ccccc3)o2)C(=O)O)c(C)o1. The van der Waals surface area contributed by atoms with E-state index in [1.807, 2.05) is 30.3 Å². The van der Waals surface area contributed by atoms with E-state index in [4.69, 9.17) is 8.83 Å². The first-order valence-corrected chi connectivity index (χ1v) is 7.92. The Labute approximate surface area is 149 Å². The molecule has 3 aromatic rings. The lowest BCUT2D eigenvalue weighted by Gasteiger charge is -2.04. The molecule has 2 aromatic heterocycles. The zero-order chi connectivity index (χ0) is 18.7. The Morgan fingerprint density at radius 3 is 2.38 bits per heavy atom. The van der Waals surface area contributed by atoms with Crippen molar-refractivity contribution in [3.8, 4) is 11.3 Å². The van der Waals surface area contributed by atoms with Crippen LogP contribution in [-0.2, 0) is 4.79 Å². The highest BCUT2D eigenvalue weighted by atomic mass is 16.4. The maximum atomic E-state index is 12.3. The molecular formula is C20H17NO5. The first-order chi connectivity index (χ1) is 12.4. The van der Waals surface area contributed by atoms with Crippen LogP contribution >= 0.6 is 0 Å². The molecule has 0 saturated carbocycles. The number of carbonyl (C=O) groups excluding carboxylic acids is 1. The van der Waals surface area contributed by atoms with Gasteiger partial charge in [0.25, 0.3) is 5.91 Å². The maximum Gasteiger partial charge on any atom is 0.352 e. The van der Waals surface area contributed by atoms with Crippen molar-refractivity contribution in [1.82, 2.24) is 5.32 Å². The van der Waals surface area contributed by atoms with E-state index in [0.717, 1.165) is 5.56 Å². The van der Waals surface area contributed by atoms with Gasteiger partial charge in [-0.15, -0.1) is 0 Å². The quantitative estimate of drug-likeness (QED) is 0.678. The van der Waals surface area contributed by atoms with Gasteiger partial charge in [0.05, 0.1) is 5.56 Å². The van der Waals surface area contributed by atoms with E-state index in [0.29, 0.717) is 28.6 Å². The molecule has 1 amide bonds. The van der Waals surface area contributed by atoms with Gasteiger partial charge in [0.1, 0.15) is 28.7 Å². The van der Waals surface area contributed by atoms with E-state index >= 15 is 0 Å². The molecule has 0 atom stereocenters. The van der Waals surface area contributed by atoms with Crippen molar-refractivity contribution in [3.63, 3.8) is 0 Å². The van der Waals surface area contributed by atoms with E-state index < -0.39 is 11.9 Å². The first kappa shape index (κ1) is 17.3. The van der Waals surface area contributed by atoms with Crippen molar-refractivity contribution < 1.29 is 23.5 Å². The van der Waals surface area contributed by atoms with Gasteiger partial charge in [-0.2, -0.15) is 0 Å². The number of furan rings is 2. The number of aliphatic carboxylic acids is 1. The van der Waals surface area contributed by atoms with Crippen LogP contribution in [-0.4, -0.2) is 17.0 Å². The van der Waals surface area contributed by atoms with Crippen molar-refractivity contribution >= 4 is 18.0 Å². The maximum absolute atomic E-state index is 12.3. The molecule has 1 aromatic carbocycles. The molecule has 2 N–H and O–H groups in total. The molecule has 0 spiro atoms. The van der Waals surface area contributed by atoms with E-state index in [-0.39, 0.29) is 5.70 Å². The summed E-state index contributed by atoms with van der Waals surface area (Å²) in [5.74, 6) is 0.105. The summed E-state index contributed by atoms with van der Waals surface area (Å²) < 4.78 is 11.0. The third kappa shape index (κ3) is 3.75. The molecule has 0 unspecified atom stereocenters. The number of amides is 1. The minimum atomic E-state index is -1.27. The van der Waals surface area contributed by atoms with Gasteiger partial charge >= 0.3 is 5.97 Å². The van der Waals surface area contributed by atoms with Crippen molar-refractivity contribution in [3.05, 3.63) is 77.1 Å². The molecule has 3 rings (SSSR count). The molecule has 0 radical (unpaired) electrons. The number of benzene rings is 1. The number of carboxylic acids is 1. The molecule has 0 fully saturated rings. The summed E-state index contributed by atoms with van der Waals surface area (Å²) in [7, 11) is 0. The molecule has 26 heavy (non-hydrogen) atoms. The predicted molar refractivity (Wildman–Crippen MR) is 95.4 cm³/mol. The van der Waals surface area contributed by atoms with Gasteiger partial charge < -0.3 is 19.3 Å². The summed E-state index contributed by atoms with van der Waals surface area (Å²) >= 11 is 0. The van der Waals surface area contributed by atoms with Crippen LogP contribution in [0.3, 0.4) is 0 Å². The van der Waals surface area contributed by atoms with Gasteiger partial charge in [-0.25, -0.2) is 4.79 Å². The van der Waals surface area contributed by atoms with Crippen molar-refractivity contribution in [2.24, 2.45) is 0 Å². The van der Waals surface area contributed by atoms with Gasteiger partial charge in [-0.3, -0.25) is 4.79 Å². The number of nitrogens with one attached hydrogen (secondary N) is 1. The number of carbonyl (C=O) groups is 2. The second-order valence-electron chi connectivity index (χ2n) is 5.71. The predicted octanol–water partition coefficient (Wildman–Crippen LogP) is 4.01. The van der Waals surface area contributed by atoms with Gasteiger partial charge in [0.2, 0.25) is 0 Å². The molecule has 6 heteroatoms. The van der Waals surface area contributed by atoms with Crippen LogP contribution in [0.25, 0.3) is 17.4 Å². The minimum Gasteiger partial charge on any atom is -0.477 e. The van der Waals surface area contributed by atoms with Crippen LogP contribution in [0.5, 0.6) is 0 Å². The smallest absolute Gasteiger partial charge is 0.352 e. The molecule has 2 heterocycles. The highest BCUT2D eigenvalue weighted by Crippen LogP contribution is 2.23. The minimum absolute atomic E-state index is 0.290. The fourth-order valence-corrected chi connectivity index (χ4v) is 2.53. The van der Waals surface area contributed by atoms with E-state index in [9.17, 15) is 14.7 Å². The lowest BCUT2D eigenvalue weighted by molar-refractivity contribution is -0.132. The lowest BCUT2D eigenvalue weighted by Crippen LogP contribution is -2.27. The zero-order valence-corrected chi connectivity index (χ0v) is 14.3. The fraction of sp³-hybridized carbons (Fsp3) is 0.100. The molecule has 0 aliphatic carbocycles. The Kier molecular flexibility index (Phi) is 4.75. The van der Waals surface area contributed by atoms with Crippen molar-refractivity contribution in [1.29, 1.82) is 0 Å². The third-order valence-electron chi connectivity index (χ3n) is 3.74. The molecule has 0 saturated heterocycles. The molecule has 132 valence electrons. The second-order valence-corrected chi connectivity index (χ2v) is 5.71. The van der Waals surface area contributed by atoms with Crippen LogP contribution < -0.4 is 5.32 Å². The Morgan fingerprint density at radius 1 is 1.04 bits per heavy atom. The molecule has 0 aliphatic rings. The Hall–Kier alpha value is -3.54. The third-order valence-corrected chi connectivity index (χ3v) is 3.74. The molecule has 0 bridgehead atoms. The highest BCUT2D eigenvalue weighted by Gasteiger charge is 2.18. The summed E-state index contributed by atoms with van der Waals surface area (Å²) in [4.78, 5) is 23.8. The lowest BCUT2D eigenvalue weighted by atomic mass is 10.2. The van der Waals surface area contributed by atoms with Crippen LogP contribution in [0, 0.1) is 13.8 Å². The largest absolute Gasteiger partial charge is 0.477 e. The topological polar surface area (TPSA) is 92.7 Å². The summed E-state index contributed by atoms with van der Waals surface area (Å²) in [6.45, 7) is 3.36. The number of aryl methyl sites for hydroxylation is 2. The van der Waals surface area contributed by atoms with Gasteiger partial charge in [-0.05, 0) is 32.0 Å². The Balaban J connectivity index is 1.84. The first-order valence-electron chi connectivity index (χ1n) is 7.92. The zero-order valence-electron chi connectivity index (χ0n) is 14.3. The summed E-state index contributed by atoms with van der Waals surface area (Å²) in [6.07, 6.45) is 1.27. The number of hydrogen-bond acceptors (Lipinski definition) is 4.